The summed E-state index contributed by atoms with van der Waals surface area (Å²) in [5.74, 6) is -0.496. The molecule has 0 aliphatic rings. The summed E-state index contributed by atoms with van der Waals surface area (Å²) in [7, 11) is 0. The first-order valence-corrected chi connectivity index (χ1v) is 6.21. The molecule has 84 valence electrons. The number of hydrogen-bond acceptors (Lipinski definition) is 2. The lowest BCUT2D eigenvalue weighted by Gasteiger charge is -2.07. The molecule has 15 heavy (non-hydrogen) atoms. The largest absolute Gasteiger partial charge is 0.488 e. The lowest BCUT2D eigenvalue weighted by molar-refractivity contribution is 0.279. The summed E-state index contributed by atoms with van der Waals surface area (Å²) in [6.45, 7) is 0.360. The SMILES string of the molecule is CSCCCCOc1c(F)cccc1F. The molecule has 1 aromatic carbocycles. The molecule has 0 atom stereocenters. The van der Waals surface area contributed by atoms with Crippen LogP contribution in [0.4, 0.5) is 8.78 Å². The number of benzene rings is 1. The van der Waals surface area contributed by atoms with Gasteiger partial charge in [0.2, 0.25) is 0 Å². The molecule has 0 spiro atoms. The average Bonchev–Trinajstić information content (AvgIpc) is 2.21. The zero-order chi connectivity index (χ0) is 11.1. The maximum Gasteiger partial charge on any atom is 0.190 e. The molecule has 0 heterocycles. The number of para-hydroxylation sites is 1. The first-order valence-electron chi connectivity index (χ1n) is 4.81. The van der Waals surface area contributed by atoms with E-state index in [1.807, 2.05) is 6.26 Å². The zero-order valence-corrected chi connectivity index (χ0v) is 9.45. The zero-order valence-electron chi connectivity index (χ0n) is 8.63. The number of unbranched alkanes of at least 4 members (excludes halogenated alkanes) is 1. The third-order valence-electron chi connectivity index (χ3n) is 1.91. The molecule has 0 saturated heterocycles. The van der Waals surface area contributed by atoms with Gasteiger partial charge in [-0.05, 0) is 37.0 Å². The highest BCUT2D eigenvalue weighted by Gasteiger charge is 2.08. The van der Waals surface area contributed by atoms with Crippen LogP contribution in [0.5, 0.6) is 5.75 Å². The molecule has 0 aliphatic heterocycles. The van der Waals surface area contributed by atoms with Gasteiger partial charge >= 0.3 is 0 Å². The summed E-state index contributed by atoms with van der Waals surface area (Å²) in [6.07, 6.45) is 3.84. The second-order valence-electron chi connectivity index (χ2n) is 3.10. The van der Waals surface area contributed by atoms with Crippen LogP contribution in [0.2, 0.25) is 0 Å². The Balaban J connectivity index is 2.37. The Labute approximate surface area is 92.8 Å². The Morgan fingerprint density at radius 3 is 2.47 bits per heavy atom. The van der Waals surface area contributed by atoms with Gasteiger partial charge in [-0.25, -0.2) is 8.78 Å². The lowest BCUT2D eigenvalue weighted by Crippen LogP contribution is -2.01. The minimum Gasteiger partial charge on any atom is -0.488 e. The molecule has 0 amide bonds. The van der Waals surface area contributed by atoms with Gasteiger partial charge < -0.3 is 4.74 Å². The van der Waals surface area contributed by atoms with Gasteiger partial charge in [-0.1, -0.05) is 6.07 Å². The monoisotopic (exact) mass is 232 g/mol. The van der Waals surface area contributed by atoms with Crippen molar-refractivity contribution in [2.24, 2.45) is 0 Å². The maximum absolute atomic E-state index is 13.1. The van der Waals surface area contributed by atoms with Gasteiger partial charge in [0.05, 0.1) is 6.61 Å². The van der Waals surface area contributed by atoms with E-state index in [0.29, 0.717) is 6.61 Å². The fourth-order valence-corrected chi connectivity index (χ4v) is 1.64. The molecule has 1 aromatic rings. The minimum atomic E-state index is -0.639. The molecule has 0 saturated carbocycles. The van der Waals surface area contributed by atoms with E-state index in [2.05, 4.69) is 0 Å². The molecule has 0 aromatic heterocycles. The lowest BCUT2D eigenvalue weighted by atomic mass is 10.3. The van der Waals surface area contributed by atoms with E-state index in [-0.39, 0.29) is 5.75 Å². The van der Waals surface area contributed by atoms with Crippen molar-refractivity contribution >= 4 is 11.8 Å². The van der Waals surface area contributed by atoms with E-state index >= 15 is 0 Å². The first-order chi connectivity index (χ1) is 7.25. The third-order valence-corrected chi connectivity index (χ3v) is 2.61. The maximum atomic E-state index is 13.1. The molecule has 1 rings (SSSR count). The van der Waals surface area contributed by atoms with Crippen LogP contribution in [-0.4, -0.2) is 18.6 Å². The van der Waals surface area contributed by atoms with Crippen molar-refractivity contribution in [1.82, 2.24) is 0 Å². The van der Waals surface area contributed by atoms with Crippen LogP contribution in [0.3, 0.4) is 0 Å². The first kappa shape index (κ1) is 12.3. The Kier molecular flexibility index (Phi) is 5.47. The van der Waals surface area contributed by atoms with E-state index in [4.69, 9.17) is 4.74 Å². The summed E-state index contributed by atoms with van der Waals surface area (Å²) in [5.41, 5.74) is 0. The van der Waals surface area contributed by atoms with Crippen molar-refractivity contribution in [1.29, 1.82) is 0 Å². The summed E-state index contributed by atoms with van der Waals surface area (Å²) in [6, 6.07) is 3.71. The topological polar surface area (TPSA) is 9.23 Å². The van der Waals surface area contributed by atoms with Crippen LogP contribution in [0.25, 0.3) is 0 Å². The van der Waals surface area contributed by atoms with Gasteiger partial charge in [-0.3, -0.25) is 0 Å². The van der Waals surface area contributed by atoms with Gasteiger partial charge in [0.25, 0.3) is 0 Å². The van der Waals surface area contributed by atoms with E-state index in [9.17, 15) is 8.78 Å². The van der Waals surface area contributed by atoms with Crippen LogP contribution in [-0.2, 0) is 0 Å². The van der Waals surface area contributed by atoms with Crippen molar-refractivity contribution in [3.05, 3.63) is 29.8 Å². The van der Waals surface area contributed by atoms with Crippen LogP contribution >= 0.6 is 11.8 Å². The molecule has 0 aliphatic carbocycles. The van der Waals surface area contributed by atoms with Crippen molar-refractivity contribution in [3.63, 3.8) is 0 Å². The van der Waals surface area contributed by atoms with Gasteiger partial charge in [-0.2, -0.15) is 11.8 Å². The molecule has 0 fully saturated rings. The average molecular weight is 232 g/mol. The highest BCUT2D eigenvalue weighted by atomic mass is 32.2. The molecule has 4 heteroatoms. The van der Waals surface area contributed by atoms with Gasteiger partial charge in [-0.15, -0.1) is 0 Å². The Bertz CT molecular complexity index is 284. The third kappa shape index (κ3) is 4.08. The molecule has 0 radical (unpaired) electrons. The number of ether oxygens (including phenoxy) is 1. The number of thioether (sulfide) groups is 1. The number of halogens is 2. The van der Waals surface area contributed by atoms with Crippen molar-refractivity contribution < 1.29 is 13.5 Å². The van der Waals surface area contributed by atoms with E-state index in [1.54, 1.807) is 11.8 Å². The smallest absolute Gasteiger partial charge is 0.190 e. The quantitative estimate of drug-likeness (QED) is 0.694. The fourth-order valence-electron chi connectivity index (χ4n) is 1.14. The van der Waals surface area contributed by atoms with Crippen LogP contribution in [0, 0.1) is 11.6 Å². The summed E-state index contributed by atoms with van der Waals surface area (Å²) < 4.78 is 31.2. The van der Waals surface area contributed by atoms with Gasteiger partial charge in [0.1, 0.15) is 0 Å². The normalized spacial score (nSPS) is 10.3. The molecule has 0 bridgehead atoms. The molecule has 0 unspecified atom stereocenters. The predicted molar refractivity (Wildman–Crippen MR) is 59.5 cm³/mol. The second-order valence-corrected chi connectivity index (χ2v) is 4.08. The van der Waals surface area contributed by atoms with Crippen LogP contribution < -0.4 is 4.74 Å². The fraction of sp³-hybridized carbons (Fsp3) is 0.455. The van der Waals surface area contributed by atoms with Crippen molar-refractivity contribution in [2.45, 2.75) is 12.8 Å². The number of hydrogen-bond donors (Lipinski definition) is 0. The van der Waals surface area contributed by atoms with E-state index in [0.717, 1.165) is 18.6 Å². The minimum absolute atomic E-state index is 0.262. The molecule has 0 N–H and O–H groups in total. The highest BCUT2D eigenvalue weighted by molar-refractivity contribution is 7.98. The van der Waals surface area contributed by atoms with Gasteiger partial charge in [0.15, 0.2) is 17.4 Å². The number of rotatable bonds is 6. The highest BCUT2D eigenvalue weighted by Crippen LogP contribution is 2.20. The molecular formula is C11H14F2OS. The Morgan fingerprint density at radius 1 is 1.20 bits per heavy atom. The van der Waals surface area contributed by atoms with E-state index < -0.39 is 11.6 Å². The predicted octanol–water partition coefficient (Wildman–Crippen LogP) is 3.49. The second kappa shape index (κ2) is 6.67. The summed E-state index contributed by atoms with van der Waals surface area (Å²) in [4.78, 5) is 0. The van der Waals surface area contributed by atoms with Crippen LogP contribution in [0.1, 0.15) is 12.8 Å². The molecular weight excluding hydrogens is 218 g/mol. The van der Waals surface area contributed by atoms with Gasteiger partial charge in [0, 0.05) is 0 Å². The Morgan fingerprint density at radius 2 is 1.87 bits per heavy atom. The summed E-state index contributed by atoms with van der Waals surface area (Å²) in [5, 5.41) is 0. The Hall–Kier alpha value is -0.770. The standard InChI is InChI=1S/C11H14F2OS/c1-15-8-3-2-7-14-11-9(12)5-4-6-10(11)13/h4-6H,2-3,7-8H2,1H3. The van der Waals surface area contributed by atoms with Crippen molar-refractivity contribution in [2.75, 3.05) is 18.6 Å². The molecule has 1 nitrogen and oxygen atoms in total. The van der Waals surface area contributed by atoms with Crippen molar-refractivity contribution in [3.8, 4) is 5.75 Å². The van der Waals surface area contributed by atoms with E-state index in [1.165, 1.54) is 18.2 Å². The van der Waals surface area contributed by atoms with Crippen LogP contribution in [0.15, 0.2) is 18.2 Å². The summed E-state index contributed by atoms with van der Waals surface area (Å²) >= 11 is 1.75.